The Bertz CT molecular complexity index is 1040. The van der Waals surface area contributed by atoms with Gasteiger partial charge in [0.25, 0.3) is 0 Å². The molecule has 0 aromatic heterocycles. The fourth-order valence-corrected chi connectivity index (χ4v) is 4.21. The van der Waals surface area contributed by atoms with Gasteiger partial charge in [-0.15, -0.1) is 0 Å². The average molecular weight is 513 g/mol. The van der Waals surface area contributed by atoms with Crippen LogP contribution in [0.2, 0.25) is 5.02 Å². The number of allylic oxidation sites excluding steroid dienone is 4. The van der Waals surface area contributed by atoms with Crippen LogP contribution in [0.3, 0.4) is 0 Å². The van der Waals surface area contributed by atoms with Crippen molar-refractivity contribution in [3.05, 3.63) is 64.2 Å². The van der Waals surface area contributed by atoms with Crippen molar-refractivity contribution in [1.82, 2.24) is 9.80 Å². The summed E-state index contributed by atoms with van der Waals surface area (Å²) in [4.78, 5) is 16.2. The van der Waals surface area contributed by atoms with Crippen LogP contribution < -0.4 is 0 Å². The molecule has 1 aromatic rings. The molecule has 2 N–H and O–H groups in total. The molecule has 0 aliphatic carbocycles. The number of piperidine rings is 1. The Balaban J connectivity index is 2.40. The van der Waals surface area contributed by atoms with Crippen LogP contribution in [0.5, 0.6) is 0 Å². The molecule has 1 saturated heterocycles. The van der Waals surface area contributed by atoms with Crippen LogP contribution in [-0.2, 0) is 4.74 Å². The number of ether oxygens (including phenoxy) is 1. The second kappa shape index (κ2) is 12.9. The van der Waals surface area contributed by atoms with Crippen molar-refractivity contribution < 1.29 is 9.53 Å². The number of hydrogen-bond acceptors (Lipinski definition) is 4. The number of hydrogen-bond donors (Lipinski definition) is 2. The monoisotopic (exact) mass is 512 g/mol. The smallest absolute Gasteiger partial charge is 0.410 e. The van der Waals surface area contributed by atoms with E-state index in [9.17, 15) is 4.79 Å². The number of likely N-dealkylation sites (tertiary alicyclic amines) is 1. The first-order valence-corrected chi connectivity index (χ1v) is 12.9. The van der Waals surface area contributed by atoms with Gasteiger partial charge in [-0.2, -0.15) is 0 Å². The minimum absolute atomic E-state index is 0.252. The minimum Gasteiger partial charge on any atom is -0.444 e. The lowest BCUT2D eigenvalue weighted by Gasteiger charge is -2.35. The van der Waals surface area contributed by atoms with Crippen molar-refractivity contribution in [3.8, 4) is 0 Å². The topological polar surface area (TPSA) is 80.5 Å². The van der Waals surface area contributed by atoms with Gasteiger partial charge in [0.1, 0.15) is 11.4 Å². The number of amides is 1. The zero-order valence-corrected chi connectivity index (χ0v) is 23.5. The molecule has 1 heterocycles. The van der Waals surface area contributed by atoms with Crippen molar-refractivity contribution in [3.63, 3.8) is 0 Å². The van der Waals surface area contributed by atoms with Crippen LogP contribution in [0.4, 0.5) is 4.79 Å². The summed E-state index contributed by atoms with van der Waals surface area (Å²) in [6.07, 6.45) is 7.82. The quantitative estimate of drug-likeness (QED) is 0.224. The van der Waals surface area contributed by atoms with E-state index in [1.165, 1.54) is 11.1 Å². The average Bonchev–Trinajstić information content (AvgIpc) is 2.82. The molecule has 0 bridgehead atoms. The molecule has 0 spiro atoms. The number of halogens is 1. The molecule has 6 nitrogen and oxygen atoms in total. The lowest BCUT2D eigenvalue weighted by atomic mass is 9.84. The molecular formula is C29H41ClN4O2. The van der Waals surface area contributed by atoms with Crippen LogP contribution in [-0.4, -0.2) is 53.2 Å². The Labute approximate surface area is 221 Å². The molecule has 1 aliphatic rings. The normalized spacial score (nSPS) is 16.1. The highest BCUT2D eigenvalue weighted by molar-refractivity contribution is 6.30. The van der Waals surface area contributed by atoms with E-state index >= 15 is 0 Å². The van der Waals surface area contributed by atoms with E-state index in [4.69, 9.17) is 27.2 Å². The second-order valence-corrected chi connectivity index (χ2v) is 10.8. The first kappa shape index (κ1) is 29.4. The van der Waals surface area contributed by atoms with E-state index in [-0.39, 0.29) is 11.9 Å². The van der Waals surface area contributed by atoms with Gasteiger partial charge < -0.3 is 19.9 Å². The maximum atomic E-state index is 12.6. The number of likely N-dealkylation sites (N-methyl/N-ethyl adjacent to an activating group) is 1. The number of amidine groups is 1. The van der Waals surface area contributed by atoms with E-state index in [1.54, 1.807) is 24.0 Å². The Kier molecular flexibility index (Phi) is 10.5. The van der Waals surface area contributed by atoms with Gasteiger partial charge in [-0.25, -0.2) is 4.79 Å². The van der Waals surface area contributed by atoms with Crippen molar-refractivity contribution in [2.75, 3.05) is 20.1 Å². The summed E-state index contributed by atoms with van der Waals surface area (Å²) >= 11 is 6.16. The van der Waals surface area contributed by atoms with Crippen molar-refractivity contribution in [1.29, 1.82) is 10.8 Å². The number of carbonyl (C=O) groups is 1. The highest BCUT2D eigenvalue weighted by atomic mass is 35.5. The first-order chi connectivity index (χ1) is 16.8. The molecule has 1 fully saturated rings. The Morgan fingerprint density at radius 1 is 1.14 bits per heavy atom. The van der Waals surface area contributed by atoms with Gasteiger partial charge in [-0.3, -0.25) is 5.41 Å². The molecule has 1 aliphatic heterocycles. The first-order valence-electron chi connectivity index (χ1n) is 12.5. The number of nitrogens with zero attached hydrogens (tertiary/aromatic N) is 2. The zero-order chi connectivity index (χ0) is 27.0. The van der Waals surface area contributed by atoms with Crippen LogP contribution in [0.25, 0.3) is 5.70 Å². The third kappa shape index (κ3) is 8.66. The maximum absolute atomic E-state index is 12.6. The summed E-state index contributed by atoms with van der Waals surface area (Å²) in [5, 5.41) is 16.9. The van der Waals surface area contributed by atoms with Gasteiger partial charge in [-0.1, -0.05) is 36.2 Å². The minimum atomic E-state index is -0.506. The third-order valence-corrected chi connectivity index (χ3v) is 6.51. The van der Waals surface area contributed by atoms with E-state index in [0.29, 0.717) is 29.7 Å². The van der Waals surface area contributed by atoms with Gasteiger partial charge in [0, 0.05) is 36.6 Å². The predicted octanol–water partition coefficient (Wildman–Crippen LogP) is 7.56. The molecule has 1 amide bonds. The molecule has 0 radical (unpaired) electrons. The summed E-state index contributed by atoms with van der Waals surface area (Å²) in [7, 11) is 1.87. The van der Waals surface area contributed by atoms with Crippen LogP contribution in [0, 0.1) is 16.7 Å². The summed E-state index contributed by atoms with van der Waals surface area (Å²) in [5.41, 5.74) is 4.28. The maximum Gasteiger partial charge on any atom is 0.410 e. The highest BCUT2D eigenvalue weighted by Crippen LogP contribution is 2.33. The Hall–Kier alpha value is -2.86. The second-order valence-electron chi connectivity index (χ2n) is 10.3. The fraction of sp³-hybridized carbons (Fsp3) is 0.483. The van der Waals surface area contributed by atoms with E-state index in [0.717, 1.165) is 30.5 Å². The standard InChI is InChI=1S/C29H41ClN4O2/c1-8-20(2)25(22-15-17-34(18-16-22)28(35)36-29(4,5)6)19-26(23-10-12-24(30)13-11-23)33(7)27(32)14-9-21(3)31/h9-14,19,22,31-32H,8,15-18H2,1-7H3/b14-9-,25-20?,26-19-,31-21?,32-27?. The van der Waals surface area contributed by atoms with Crippen molar-refractivity contribution in [2.24, 2.45) is 5.92 Å². The lowest BCUT2D eigenvalue weighted by Crippen LogP contribution is -2.42. The van der Waals surface area contributed by atoms with Crippen LogP contribution >= 0.6 is 11.6 Å². The summed E-state index contributed by atoms with van der Waals surface area (Å²) in [5.74, 6) is 0.587. The van der Waals surface area contributed by atoms with Crippen molar-refractivity contribution in [2.45, 2.75) is 66.4 Å². The van der Waals surface area contributed by atoms with Gasteiger partial charge in [-0.05, 0) is 101 Å². The molecule has 7 heteroatoms. The molecule has 1 aromatic carbocycles. The number of carbonyl (C=O) groups excluding carboxylic acids is 1. The van der Waals surface area contributed by atoms with Crippen LogP contribution in [0.1, 0.15) is 66.4 Å². The highest BCUT2D eigenvalue weighted by Gasteiger charge is 2.29. The van der Waals surface area contributed by atoms with E-state index < -0.39 is 5.60 Å². The summed E-state index contributed by atoms with van der Waals surface area (Å²) in [6.45, 7) is 13.0. The lowest BCUT2D eigenvalue weighted by molar-refractivity contribution is 0.0195. The van der Waals surface area contributed by atoms with E-state index in [1.807, 2.05) is 57.0 Å². The molecule has 0 atom stereocenters. The molecule has 0 saturated carbocycles. The van der Waals surface area contributed by atoms with Gasteiger partial charge >= 0.3 is 6.09 Å². The van der Waals surface area contributed by atoms with Gasteiger partial charge in [0.15, 0.2) is 0 Å². The van der Waals surface area contributed by atoms with Crippen LogP contribution in [0.15, 0.2) is 53.6 Å². The molecule has 196 valence electrons. The SMILES string of the molecule is CCC(C)=C(/C=C(/c1ccc(Cl)cc1)N(C)C(=N)/C=C\C(C)=N)C1CCN(C(=O)OC(C)(C)C)CC1. The zero-order valence-electron chi connectivity index (χ0n) is 22.7. The Morgan fingerprint density at radius 3 is 2.22 bits per heavy atom. The molecule has 36 heavy (non-hydrogen) atoms. The predicted molar refractivity (Wildman–Crippen MR) is 151 cm³/mol. The van der Waals surface area contributed by atoms with Gasteiger partial charge in [0.2, 0.25) is 0 Å². The number of benzene rings is 1. The summed E-state index contributed by atoms with van der Waals surface area (Å²) < 4.78 is 5.57. The van der Waals surface area contributed by atoms with Crippen molar-refractivity contribution >= 4 is 34.9 Å². The number of nitrogens with one attached hydrogen (secondary N) is 2. The number of rotatable bonds is 7. The largest absolute Gasteiger partial charge is 0.444 e. The van der Waals surface area contributed by atoms with E-state index in [2.05, 4.69) is 19.9 Å². The fourth-order valence-electron chi connectivity index (χ4n) is 4.08. The molecule has 2 rings (SSSR count). The molecule has 0 unspecified atom stereocenters. The molecular weight excluding hydrogens is 472 g/mol. The van der Waals surface area contributed by atoms with Gasteiger partial charge in [0.05, 0.1) is 0 Å². The third-order valence-electron chi connectivity index (χ3n) is 6.26. The Morgan fingerprint density at radius 2 is 1.72 bits per heavy atom. The summed E-state index contributed by atoms with van der Waals surface area (Å²) in [6, 6.07) is 7.64.